The number of nitrogen functional groups attached to an aromatic ring is 1. The molecule has 2 bridgehead atoms. The second-order valence-electron chi connectivity index (χ2n) is 7.47. The van der Waals surface area contributed by atoms with E-state index in [1.165, 1.54) is 12.1 Å². The van der Waals surface area contributed by atoms with E-state index in [1.807, 2.05) is 24.6 Å². The lowest BCUT2D eigenvalue weighted by molar-refractivity contribution is 0.620. The van der Waals surface area contributed by atoms with Crippen LogP contribution < -0.4 is 5.73 Å². The van der Waals surface area contributed by atoms with Crippen LogP contribution in [0.4, 0.5) is 10.2 Å². The highest BCUT2D eigenvalue weighted by atomic mass is 19.1. The molecule has 0 saturated heterocycles. The van der Waals surface area contributed by atoms with E-state index in [9.17, 15) is 4.39 Å². The van der Waals surface area contributed by atoms with Gasteiger partial charge in [-0.15, -0.1) is 0 Å². The Morgan fingerprint density at radius 2 is 2.00 bits per heavy atom. The molecule has 1 aromatic carbocycles. The molecule has 6 nitrogen and oxygen atoms in total. The molecule has 148 valence electrons. The molecule has 1 aliphatic rings. The van der Waals surface area contributed by atoms with Gasteiger partial charge in [-0.1, -0.05) is 6.92 Å². The summed E-state index contributed by atoms with van der Waals surface area (Å²) in [5, 5.41) is 21.6. The van der Waals surface area contributed by atoms with Gasteiger partial charge in [0, 0.05) is 35.9 Å². The number of anilines is 1. The van der Waals surface area contributed by atoms with Crippen molar-refractivity contribution in [1.82, 2.24) is 14.8 Å². The van der Waals surface area contributed by atoms with Gasteiger partial charge in [0.15, 0.2) is 0 Å². The van der Waals surface area contributed by atoms with Gasteiger partial charge in [0.1, 0.15) is 11.6 Å². The molecule has 1 aliphatic carbocycles. The summed E-state index contributed by atoms with van der Waals surface area (Å²) in [5.41, 5.74) is 11.2. The van der Waals surface area contributed by atoms with Crippen molar-refractivity contribution in [2.75, 3.05) is 5.73 Å². The summed E-state index contributed by atoms with van der Waals surface area (Å²) >= 11 is 0. The molecule has 0 spiro atoms. The van der Waals surface area contributed by atoms with E-state index in [-0.39, 0.29) is 29.6 Å². The van der Waals surface area contributed by atoms with Crippen molar-refractivity contribution >= 4 is 17.2 Å². The summed E-state index contributed by atoms with van der Waals surface area (Å²) in [5.74, 6) is -0.000825. The fourth-order valence-electron chi connectivity index (χ4n) is 3.99. The second-order valence-corrected chi connectivity index (χ2v) is 7.47. The fraction of sp³-hybridized carbons (Fsp3) is 0.273. The average molecular weight is 390 g/mol. The number of nitrogens with two attached hydrogens (primary N) is 1. The van der Waals surface area contributed by atoms with Crippen LogP contribution in [0.25, 0.3) is 11.3 Å². The maximum Gasteiger partial charge on any atom is 0.126 e. The average Bonchev–Trinajstić information content (AvgIpc) is 3.10. The van der Waals surface area contributed by atoms with E-state index in [0.29, 0.717) is 29.9 Å². The first-order valence-electron chi connectivity index (χ1n) is 9.64. The number of nitrogens with one attached hydrogen (secondary N) is 2. The van der Waals surface area contributed by atoms with E-state index >= 15 is 0 Å². The van der Waals surface area contributed by atoms with Crippen LogP contribution in [0.3, 0.4) is 0 Å². The third-order valence-electron chi connectivity index (χ3n) is 5.50. The molecule has 1 unspecified atom stereocenters. The minimum atomic E-state index is -0.353. The monoisotopic (exact) mass is 390 g/mol. The van der Waals surface area contributed by atoms with E-state index in [2.05, 4.69) is 10.1 Å². The van der Waals surface area contributed by atoms with Crippen LogP contribution >= 0.6 is 0 Å². The van der Waals surface area contributed by atoms with Gasteiger partial charge in [-0.05, 0) is 54.7 Å². The van der Waals surface area contributed by atoms with Crippen molar-refractivity contribution in [3.05, 3.63) is 64.7 Å². The Bertz CT molecular complexity index is 1130. The minimum Gasteiger partial charge on any atom is -0.383 e. The molecule has 4 rings (SSSR count). The maximum absolute atomic E-state index is 14.0. The molecule has 0 amide bonds. The Morgan fingerprint density at radius 1 is 1.21 bits per heavy atom. The van der Waals surface area contributed by atoms with Gasteiger partial charge >= 0.3 is 0 Å². The Kier molecular flexibility index (Phi) is 4.74. The zero-order chi connectivity index (χ0) is 20.7. The van der Waals surface area contributed by atoms with Crippen LogP contribution in [0, 0.1) is 16.6 Å². The number of pyridine rings is 1. The van der Waals surface area contributed by atoms with Gasteiger partial charge in [-0.25, -0.2) is 9.37 Å². The topological polar surface area (TPSA) is 104 Å². The Balaban J connectivity index is 1.95. The van der Waals surface area contributed by atoms with Gasteiger partial charge in [0.25, 0.3) is 0 Å². The lowest BCUT2D eigenvalue weighted by atomic mass is 9.86. The fourth-order valence-corrected chi connectivity index (χ4v) is 3.99. The van der Waals surface area contributed by atoms with Crippen LogP contribution in [0.1, 0.15) is 42.0 Å². The van der Waals surface area contributed by atoms with Gasteiger partial charge in [0.2, 0.25) is 0 Å². The number of aryl methyl sites for hydroxylation is 1. The predicted molar refractivity (Wildman–Crippen MR) is 112 cm³/mol. The van der Waals surface area contributed by atoms with E-state index in [0.717, 1.165) is 22.4 Å². The van der Waals surface area contributed by atoms with Crippen molar-refractivity contribution in [3.63, 3.8) is 0 Å². The number of hydrogen-bond donors (Lipinski definition) is 3. The highest BCUT2D eigenvalue weighted by Gasteiger charge is 2.23. The number of hydrogen-bond acceptors (Lipinski definition) is 5. The number of benzene rings is 1. The lowest BCUT2D eigenvalue weighted by Crippen LogP contribution is -2.20. The Hall–Kier alpha value is -3.35. The van der Waals surface area contributed by atoms with Gasteiger partial charge in [-0.2, -0.15) is 5.10 Å². The molecular formula is C22H23FN6. The van der Waals surface area contributed by atoms with Crippen LogP contribution in [0.5, 0.6) is 0 Å². The second kappa shape index (κ2) is 7.24. The number of fused-ring (bicyclic) bond motifs is 5. The molecule has 0 radical (unpaired) electrons. The van der Waals surface area contributed by atoms with Crippen molar-refractivity contribution in [2.45, 2.75) is 39.2 Å². The molecular weight excluding hydrogens is 367 g/mol. The van der Waals surface area contributed by atoms with Gasteiger partial charge < -0.3 is 11.1 Å². The maximum atomic E-state index is 14.0. The normalized spacial score (nSPS) is 16.6. The SMILES string of the molecule is CCn1ncc2c1-c1cnc(N)c(c1)CC(C)c1cc(F)ccc1C(=N)C(=N)C2. The number of aromatic nitrogens is 3. The zero-order valence-electron chi connectivity index (χ0n) is 16.5. The third kappa shape index (κ3) is 3.33. The standard InChI is InChI=1S/C22H23FN6/c1-3-29-21-14-7-13(22(26)27-10-14)6-12(2)18-9-16(23)4-5-17(18)20(25)19(24)8-15(21)11-28-29/h4-5,7,9-12,24-25H,3,6,8H2,1-2H3,(H2,26,27). The van der Waals surface area contributed by atoms with Gasteiger partial charge in [-0.3, -0.25) is 10.1 Å². The number of rotatable bonds is 1. The van der Waals surface area contributed by atoms with Crippen LogP contribution in [0.15, 0.2) is 36.7 Å². The Morgan fingerprint density at radius 3 is 2.76 bits per heavy atom. The summed E-state index contributed by atoms with van der Waals surface area (Å²) in [7, 11) is 0. The first-order chi connectivity index (χ1) is 13.9. The largest absolute Gasteiger partial charge is 0.383 e. The lowest BCUT2D eigenvalue weighted by Gasteiger charge is -2.20. The zero-order valence-corrected chi connectivity index (χ0v) is 16.5. The third-order valence-corrected chi connectivity index (χ3v) is 5.50. The number of nitrogens with zero attached hydrogens (tertiary/aromatic N) is 3. The van der Waals surface area contributed by atoms with Gasteiger partial charge in [0.05, 0.1) is 23.3 Å². The highest BCUT2D eigenvalue weighted by molar-refractivity contribution is 6.46. The van der Waals surface area contributed by atoms with E-state index in [4.69, 9.17) is 16.6 Å². The predicted octanol–water partition coefficient (Wildman–Crippen LogP) is 3.98. The summed E-state index contributed by atoms with van der Waals surface area (Å²) in [6.07, 6.45) is 4.29. The smallest absolute Gasteiger partial charge is 0.126 e. The van der Waals surface area contributed by atoms with Crippen LogP contribution in [0.2, 0.25) is 0 Å². The molecule has 2 aromatic heterocycles. The van der Waals surface area contributed by atoms with Crippen molar-refractivity contribution < 1.29 is 4.39 Å². The molecule has 0 aliphatic heterocycles. The van der Waals surface area contributed by atoms with Crippen LogP contribution in [-0.4, -0.2) is 26.2 Å². The van der Waals surface area contributed by atoms with Crippen molar-refractivity contribution in [1.29, 1.82) is 10.8 Å². The van der Waals surface area contributed by atoms with Crippen LogP contribution in [-0.2, 0) is 19.4 Å². The summed E-state index contributed by atoms with van der Waals surface area (Å²) < 4.78 is 15.9. The molecule has 0 fully saturated rings. The van der Waals surface area contributed by atoms with Crippen molar-refractivity contribution in [3.8, 4) is 11.3 Å². The molecule has 2 heterocycles. The quantitative estimate of drug-likeness (QED) is 0.585. The molecule has 0 saturated carbocycles. The van der Waals surface area contributed by atoms with Crippen molar-refractivity contribution in [2.24, 2.45) is 0 Å². The number of halogens is 1. The summed E-state index contributed by atoms with van der Waals surface area (Å²) in [4.78, 5) is 4.39. The first-order valence-corrected chi connectivity index (χ1v) is 9.64. The summed E-state index contributed by atoms with van der Waals surface area (Å²) in [6, 6.07) is 6.41. The molecule has 3 aromatic rings. The molecule has 1 atom stereocenters. The molecule has 29 heavy (non-hydrogen) atoms. The highest BCUT2D eigenvalue weighted by Crippen LogP contribution is 2.32. The molecule has 7 heteroatoms. The molecule has 4 N–H and O–H groups in total. The van der Waals surface area contributed by atoms with E-state index in [1.54, 1.807) is 18.5 Å². The summed E-state index contributed by atoms with van der Waals surface area (Å²) in [6.45, 7) is 4.67. The first kappa shape index (κ1) is 19.0. The van der Waals surface area contributed by atoms with E-state index < -0.39 is 0 Å². The Labute approximate surface area is 168 Å². The minimum absolute atomic E-state index is 0.0943.